The molecule has 3 aromatic rings. The number of carbonyl (C=O) groups is 2. The van der Waals surface area contributed by atoms with Gasteiger partial charge in [0.2, 0.25) is 5.91 Å². The van der Waals surface area contributed by atoms with Crippen molar-refractivity contribution < 1.29 is 14.3 Å². The van der Waals surface area contributed by atoms with E-state index in [0.29, 0.717) is 24.1 Å². The number of rotatable bonds is 7. The Morgan fingerprint density at radius 2 is 1.86 bits per heavy atom. The maximum Gasteiger partial charge on any atom is 0.224 e. The number of aromatic nitrogens is 2. The molecular weight excluding hydrogens is 366 g/mol. The SMILES string of the molecule is COc1cccc(-n2nc(C)c(CCC(=O)Nc3cccc(C(C)=O)c3)c2C)c1. The quantitative estimate of drug-likeness (QED) is 0.611. The lowest BCUT2D eigenvalue weighted by Gasteiger charge is -2.08. The van der Waals surface area contributed by atoms with Crippen molar-refractivity contribution in [2.75, 3.05) is 12.4 Å². The normalized spacial score (nSPS) is 10.6. The molecule has 0 fully saturated rings. The number of ether oxygens (including phenoxy) is 1. The summed E-state index contributed by atoms with van der Waals surface area (Å²) >= 11 is 0. The molecule has 1 heterocycles. The summed E-state index contributed by atoms with van der Waals surface area (Å²) in [5, 5.41) is 7.51. The predicted octanol–water partition coefficient (Wildman–Crippen LogP) is 4.27. The fraction of sp³-hybridized carbons (Fsp3) is 0.261. The molecule has 0 aliphatic carbocycles. The van der Waals surface area contributed by atoms with Gasteiger partial charge in [0.05, 0.1) is 18.5 Å². The van der Waals surface area contributed by atoms with Crippen LogP contribution in [0.2, 0.25) is 0 Å². The van der Waals surface area contributed by atoms with Crippen molar-refractivity contribution in [1.29, 1.82) is 0 Å². The van der Waals surface area contributed by atoms with E-state index in [1.165, 1.54) is 6.92 Å². The summed E-state index contributed by atoms with van der Waals surface area (Å²) in [7, 11) is 1.64. The molecule has 0 bridgehead atoms. The molecule has 0 aliphatic rings. The van der Waals surface area contributed by atoms with E-state index in [9.17, 15) is 9.59 Å². The molecule has 0 saturated heterocycles. The second-order valence-corrected chi connectivity index (χ2v) is 6.95. The molecule has 0 radical (unpaired) electrons. The summed E-state index contributed by atoms with van der Waals surface area (Å²) in [5.74, 6) is 0.639. The standard InChI is InChI=1S/C23H25N3O3/c1-15-22(16(2)26(25-15)20-9-6-10-21(14-20)29-4)11-12-23(28)24-19-8-5-7-18(13-19)17(3)27/h5-10,13-14H,11-12H2,1-4H3,(H,24,28). The molecule has 6 heteroatoms. The van der Waals surface area contributed by atoms with Crippen LogP contribution in [0.5, 0.6) is 5.75 Å². The summed E-state index contributed by atoms with van der Waals surface area (Å²) in [4.78, 5) is 23.9. The van der Waals surface area contributed by atoms with Crippen LogP contribution >= 0.6 is 0 Å². The first kappa shape index (κ1) is 20.3. The number of benzene rings is 2. The van der Waals surface area contributed by atoms with Crippen LogP contribution in [-0.2, 0) is 11.2 Å². The van der Waals surface area contributed by atoms with E-state index in [2.05, 4.69) is 10.4 Å². The lowest BCUT2D eigenvalue weighted by Crippen LogP contribution is -2.13. The Hall–Kier alpha value is -3.41. The highest BCUT2D eigenvalue weighted by Gasteiger charge is 2.15. The van der Waals surface area contributed by atoms with E-state index in [1.54, 1.807) is 31.4 Å². The van der Waals surface area contributed by atoms with E-state index in [1.807, 2.05) is 42.8 Å². The zero-order chi connectivity index (χ0) is 21.0. The zero-order valence-electron chi connectivity index (χ0n) is 17.2. The van der Waals surface area contributed by atoms with Gasteiger partial charge in [0, 0.05) is 29.4 Å². The fourth-order valence-electron chi connectivity index (χ4n) is 3.31. The fourth-order valence-corrected chi connectivity index (χ4v) is 3.31. The number of anilines is 1. The Bertz CT molecular complexity index is 1050. The van der Waals surface area contributed by atoms with Crippen molar-refractivity contribution in [3.05, 3.63) is 71.0 Å². The lowest BCUT2D eigenvalue weighted by molar-refractivity contribution is -0.116. The van der Waals surface area contributed by atoms with Crippen LogP contribution < -0.4 is 10.1 Å². The van der Waals surface area contributed by atoms with Crippen molar-refractivity contribution in [3.8, 4) is 11.4 Å². The van der Waals surface area contributed by atoms with Gasteiger partial charge in [-0.3, -0.25) is 9.59 Å². The summed E-state index contributed by atoms with van der Waals surface area (Å²) in [5.41, 5.74) is 5.08. The van der Waals surface area contributed by atoms with Crippen LogP contribution in [0.15, 0.2) is 48.5 Å². The van der Waals surface area contributed by atoms with Gasteiger partial charge in [-0.25, -0.2) is 4.68 Å². The number of amides is 1. The van der Waals surface area contributed by atoms with Gasteiger partial charge in [-0.1, -0.05) is 18.2 Å². The molecule has 0 aliphatic heterocycles. The average molecular weight is 391 g/mol. The highest BCUT2D eigenvalue weighted by molar-refractivity contribution is 5.97. The van der Waals surface area contributed by atoms with Crippen LogP contribution in [0.4, 0.5) is 5.69 Å². The van der Waals surface area contributed by atoms with Gasteiger partial charge < -0.3 is 10.1 Å². The molecule has 3 rings (SSSR count). The van der Waals surface area contributed by atoms with Crippen LogP contribution in [0.3, 0.4) is 0 Å². The number of nitrogens with zero attached hydrogens (tertiary/aromatic N) is 2. The lowest BCUT2D eigenvalue weighted by atomic mass is 10.1. The number of aryl methyl sites for hydroxylation is 1. The third kappa shape index (κ3) is 4.71. The average Bonchev–Trinajstić information content (AvgIpc) is 3.00. The molecule has 6 nitrogen and oxygen atoms in total. The molecule has 0 atom stereocenters. The third-order valence-electron chi connectivity index (χ3n) is 4.89. The van der Waals surface area contributed by atoms with E-state index in [0.717, 1.165) is 28.4 Å². The summed E-state index contributed by atoms with van der Waals surface area (Å²) < 4.78 is 7.17. The van der Waals surface area contributed by atoms with Gasteiger partial charge in [-0.05, 0) is 57.0 Å². The molecule has 150 valence electrons. The van der Waals surface area contributed by atoms with Crippen molar-refractivity contribution in [2.45, 2.75) is 33.6 Å². The zero-order valence-corrected chi connectivity index (χ0v) is 17.2. The van der Waals surface area contributed by atoms with Gasteiger partial charge in [0.1, 0.15) is 5.75 Å². The van der Waals surface area contributed by atoms with Gasteiger partial charge in [0.15, 0.2) is 5.78 Å². The van der Waals surface area contributed by atoms with E-state index >= 15 is 0 Å². The predicted molar refractivity (Wildman–Crippen MR) is 113 cm³/mol. The first-order valence-electron chi connectivity index (χ1n) is 9.49. The molecule has 1 N–H and O–H groups in total. The van der Waals surface area contributed by atoms with Crippen LogP contribution in [0.25, 0.3) is 5.69 Å². The number of carbonyl (C=O) groups excluding carboxylic acids is 2. The molecule has 1 aromatic heterocycles. The molecule has 2 aromatic carbocycles. The summed E-state index contributed by atoms with van der Waals surface area (Å²) in [6.45, 7) is 5.46. The van der Waals surface area contributed by atoms with Gasteiger partial charge in [-0.2, -0.15) is 5.10 Å². The van der Waals surface area contributed by atoms with Gasteiger partial charge in [-0.15, -0.1) is 0 Å². The van der Waals surface area contributed by atoms with E-state index < -0.39 is 0 Å². The molecule has 0 unspecified atom stereocenters. The Balaban J connectivity index is 1.71. The Kier molecular flexibility index (Phi) is 6.12. The minimum absolute atomic E-state index is 0.0303. The van der Waals surface area contributed by atoms with Gasteiger partial charge in [0.25, 0.3) is 0 Å². The van der Waals surface area contributed by atoms with E-state index in [-0.39, 0.29) is 11.7 Å². The molecule has 1 amide bonds. The first-order valence-corrected chi connectivity index (χ1v) is 9.49. The Morgan fingerprint density at radius 1 is 1.10 bits per heavy atom. The van der Waals surface area contributed by atoms with Crippen molar-refractivity contribution in [3.63, 3.8) is 0 Å². The van der Waals surface area contributed by atoms with Crippen molar-refractivity contribution >= 4 is 17.4 Å². The number of hydrogen-bond acceptors (Lipinski definition) is 4. The van der Waals surface area contributed by atoms with Crippen LogP contribution in [-0.4, -0.2) is 28.6 Å². The Morgan fingerprint density at radius 3 is 2.59 bits per heavy atom. The number of nitrogens with one attached hydrogen (secondary N) is 1. The summed E-state index contributed by atoms with van der Waals surface area (Å²) in [6.07, 6.45) is 0.912. The van der Waals surface area contributed by atoms with E-state index in [4.69, 9.17) is 4.74 Å². The Labute approximate surface area is 170 Å². The largest absolute Gasteiger partial charge is 0.497 e. The monoisotopic (exact) mass is 391 g/mol. The molecule has 0 saturated carbocycles. The maximum atomic E-state index is 12.4. The number of hydrogen-bond donors (Lipinski definition) is 1. The van der Waals surface area contributed by atoms with Crippen molar-refractivity contribution in [1.82, 2.24) is 9.78 Å². The van der Waals surface area contributed by atoms with Crippen LogP contribution in [0.1, 0.15) is 40.7 Å². The minimum atomic E-state index is -0.0985. The molecule has 0 spiro atoms. The summed E-state index contributed by atoms with van der Waals surface area (Å²) in [6, 6.07) is 14.7. The smallest absolute Gasteiger partial charge is 0.224 e. The highest BCUT2D eigenvalue weighted by atomic mass is 16.5. The van der Waals surface area contributed by atoms with Gasteiger partial charge >= 0.3 is 0 Å². The minimum Gasteiger partial charge on any atom is -0.497 e. The van der Waals surface area contributed by atoms with Crippen LogP contribution in [0, 0.1) is 13.8 Å². The number of Topliss-reactive ketones (excluding diaryl/α,β-unsaturated/α-hetero) is 1. The second-order valence-electron chi connectivity index (χ2n) is 6.95. The number of ketones is 1. The highest BCUT2D eigenvalue weighted by Crippen LogP contribution is 2.22. The first-order chi connectivity index (χ1) is 13.9. The maximum absolute atomic E-state index is 12.4. The number of methoxy groups -OCH3 is 1. The van der Waals surface area contributed by atoms with Crippen molar-refractivity contribution in [2.24, 2.45) is 0 Å². The second kappa shape index (κ2) is 8.73. The molecule has 29 heavy (non-hydrogen) atoms. The molecular formula is C23H25N3O3. The topological polar surface area (TPSA) is 73.2 Å². The third-order valence-corrected chi connectivity index (χ3v) is 4.89.